The predicted octanol–water partition coefficient (Wildman–Crippen LogP) is 6.06. The minimum Gasteiger partial charge on any atom is -0.456 e. The molecule has 0 spiro atoms. The Labute approximate surface area is 202 Å². The normalized spacial score (nSPS) is 10.3. The van der Waals surface area contributed by atoms with Gasteiger partial charge in [0.2, 0.25) is 0 Å². The molecule has 0 amide bonds. The summed E-state index contributed by atoms with van der Waals surface area (Å²) in [4.78, 5) is 35.8. The molecule has 0 saturated carbocycles. The van der Waals surface area contributed by atoms with E-state index in [4.69, 9.17) is 18.6 Å². The van der Waals surface area contributed by atoms with Crippen molar-refractivity contribution in [2.75, 3.05) is 0 Å². The van der Waals surface area contributed by atoms with Crippen LogP contribution in [0.4, 0.5) is 0 Å². The van der Waals surface area contributed by atoms with E-state index in [1.54, 1.807) is 49.4 Å². The molecule has 0 N–H and O–H groups in total. The smallest absolute Gasteiger partial charge is 0.338 e. The minimum atomic E-state index is -0.664. The van der Waals surface area contributed by atoms with Crippen LogP contribution in [-0.4, -0.2) is 17.9 Å². The third-order valence-corrected chi connectivity index (χ3v) is 4.63. The zero-order valence-electron chi connectivity index (χ0n) is 19.7. The van der Waals surface area contributed by atoms with Gasteiger partial charge >= 0.3 is 17.9 Å². The maximum absolute atomic E-state index is 12.1. The lowest BCUT2D eigenvalue weighted by Gasteiger charge is -2.12. The standard InChI is InChI=1S/C28H24O7/c1-16(2)26(29)32-21-10-7-19(8-11-21)22-13-14-23(33-22)20-9-12-24(34-27(30)17(3)4)25(15-20)35-28(31)18(5)6/h7-15H,1,3,5H2,2,4,6H3. The van der Waals surface area contributed by atoms with Gasteiger partial charge in [0.15, 0.2) is 11.5 Å². The minimum absolute atomic E-state index is 0.0340. The number of furan rings is 1. The second-order valence-corrected chi connectivity index (χ2v) is 7.86. The first-order valence-corrected chi connectivity index (χ1v) is 10.5. The molecule has 0 aliphatic heterocycles. The van der Waals surface area contributed by atoms with Crippen LogP contribution in [0.3, 0.4) is 0 Å². The van der Waals surface area contributed by atoms with Crippen molar-refractivity contribution >= 4 is 17.9 Å². The zero-order valence-corrected chi connectivity index (χ0v) is 19.7. The van der Waals surface area contributed by atoms with Crippen LogP contribution in [0.5, 0.6) is 17.2 Å². The number of carbonyl (C=O) groups excluding carboxylic acids is 3. The van der Waals surface area contributed by atoms with Crippen LogP contribution in [0.2, 0.25) is 0 Å². The Morgan fingerprint density at radius 2 is 1.06 bits per heavy atom. The Hall–Kier alpha value is -4.65. The maximum atomic E-state index is 12.1. The van der Waals surface area contributed by atoms with Crippen molar-refractivity contribution in [1.29, 1.82) is 0 Å². The first-order valence-electron chi connectivity index (χ1n) is 10.5. The molecule has 7 heteroatoms. The molecule has 0 fully saturated rings. The number of hydrogen-bond acceptors (Lipinski definition) is 7. The van der Waals surface area contributed by atoms with Crippen LogP contribution in [0.1, 0.15) is 20.8 Å². The maximum Gasteiger partial charge on any atom is 0.338 e. The van der Waals surface area contributed by atoms with Crippen molar-refractivity contribution in [3.8, 4) is 39.9 Å². The summed E-state index contributed by atoms with van der Waals surface area (Å²) >= 11 is 0. The van der Waals surface area contributed by atoms with Gasteiger partial charge in [-0.25, -0.2) is 14.4 Å². The van der Waals surface area contributed by atoms with Gasteiger partial charge in [0.25, 0.3) is 0 Å². The van der Waals surface area contributed by atoms with Gasteiger partial charge in [-0.05, 0) is 75.4 Å². The molecule has 0 atom stereocenters. The van der Waals surface area contributed by atoms with E-state index >= 15 is 0 Å². The topological polar surface area (TPSA) is 92.0 Å². The SMILES string of the molecule is C=C(C)C(=O)Oc1ccc(-c2ccc(-c3ccc(OC(=O)C(=C)C)c(OC(=O)C(=C)C)c3)o2)cc1. The number of benzene rings is 2. The first-order chi connectivity index (χ1) is 16.5. The Balaban J connectivity index is 1.88. The van der Waals surface area contributed by atoms with E-state index < -0.39 is 17.9 Å². The van der Waals surface area contributed by atoms with Crippen molar-refractivity contribution in [2.45, 2.75) is 20.8 Å². The number of hydrogen-bond donors (Lipinski definition) is 0. The van der Waals surface area contributed by atoms with E-state index in [1.165, 1.54) is 26.0 Å². The van der Waals surface area contributed by atoms with Gasteiger partial charge in [-0.15, -0.1) is 0 Å². The quantitative estimate of drug-likeness (QED) is 0.224. The third kappa shape index (κ3) is 6.23. The molecule has 0 bridgehead atoms. The van der Waals surface area contributed by atoms with Crippen molar-refractivity contribution in [1.82, 2.24) is 0 Å². The van der Waals surface area contributed by atoms with Crippen molar-refractivity contribution in [3.05, 3.63) is 91.1 Å². The van der Waals surface area contributed by atoms with Crippen LogP contribution in [0, 0.1) is 0 Å². The van der Waals surface area contributed by atoms with Crippen molar-refractivity contribution in [2.24, 2.45) is 0 Å². The summed E-state index contributed by atoms with van der Waals surface area (Å²) in [6.45, 7) is 15.3. The number of rotatable bonds is 8. The number of esters is 3. The largest absolute Gasteiger partial charge is 0.456 e. The molecule has 3 aromatic rings. The van der Waals surface area contributed by atoms with Gasteiger partial charge in [0, 0.05) is 27.8 Å². The highest BCUT2D eigenvalue weighted by atomic mass is 16.6. The molecule has 0 unspecified atom stereocenters. The molecule has 7 nitrogen and oxygen atoms in total. The Bertz CT molecular complexity index is 1340. The van der Waals surface area contributed by atoms with E-state index in [2.05, 4.69) is 19.7 Å². The van der Waals surface area contributed by atoms with E-state index in [0.29, 0.717) is 28.4 Å². The van der Waals surface area contributed by atoms with E-state index in [1.807, 2.05) is 0 Å². The average molecular weight is 472 g/mol. The summed E-state index contributed by atoms with van der Waals surface area (Å²) in [5, 5.41) is 0. The Morgan fingerprint density at radius 1 is 0.600 bits per heavy atom. The number of carbonyl (C=O) groups is 3. The lowest BCUT2D eigenvalue weighted by Crippen LogP contribution is -2.12. The summed E-state index contributed by atoms with van der Waals surface area (Å²) in [6, 6.07) is 15.0. The van der Waals surface area contributed by atoms with Gasteiger partial charge in [-0.2, -0.15) is 0 Å². The molecule has 0 saturated heterocycles. The average Bonchev–Trinajstić information content (AvgIpc) is 3.30. The number of ether oxygens (including phenoxy) is 3. The fraction of sp³-hybridized carbons (Fsp3) is 0.107. The highest BCUT2D eigenvalue weighted by Gasteiger charge is 2.17. The summed E-state index contributed by atoms with van der Waals surface area (Å²) in [7, 11) is 0. The molecular formula is C28H24O7. The van der Waals surface area contributed by atoms with Crippen LogP contribution >= 0.6 is 0 Å². The highest BCUT2D eigenvalue weighted by molar-refractivity contribution is 5.91. The van der Waals surface area contributed by atoms with E-state index in [9.17, 15) is 14.4 Å². The van der Waals surface area contributed by atoms with Gasteiger partial charge < -0.3 is 18.6 Å². The summed E-state index contributed by atoms with van der Waals surface area (Å²) in [5.41, 5.74) is 2.03. The Morgan fingerprint density at radius 3 is 1.60 bits per heavy atom. The fourth-order valence-corrected chi connectivity index (χ4v) is 2.73. The highest BCUT2D eigenvalue weighted by Crippen LogP contribution is 2.36. The van der Waals surface area contributed by atoms with E-state index in [-0.39, 0.29) is 22.6 Å². The fourth-order valence-electron chi connectivity index (χ4n) is 2.73. The monoisotopic (exact) mass is 472 g/mol. The summed E-state index contributed by atoms with van der Waals surface area (Å²) < 4.78 is 21.8. The van der Waals surface area contributed by atoms with Crippen LogP contribution in [-0.2, 0) is 14.4 Å². The molecule has 0 aliphatic carbocycles. The summed E-state index contributed by atoms with van der Waals surface area (Å²) in [6.07, 6.45) is 0. The van der Waals surface area contributed by atoms with Crippen LogP contribution < -0.4 is 14.2 Å². The molecule has 1 aromatic heterocycles. The van der Waals surface area contributed by atoms with Gasteiger partial charge in [0.05, 0.1) is 0 Å². The molecule has 2 aromatic carbocycles. The third-order valence-electron chi connectivity index (χ3n) is 4.63. The second-order valence-electron chi connectivity index (χ2n) is 7.86. The first kappa shape index (κ1) is 25.0. The molecule has 1 heterocycles. The zero-order chi connectivity index (χ0) is 25.7. The Kier molecular flexibility index (Phi) is 7.51. The van der Waals surface area contributed by atoms with Crippen molar-refractivity contribution in [3.63, 3.8) is 0 Å². The van der Waals surface area contributed by atoms with Crippen LogP contribution in [0.15, 0.2) is 95.5 Å². The molecule has 35 heavy (non-hydrogen) atoms. The van der Waals surface area contributed by atoms with Crippen molar-refractivity contribution < 1.29 is 33.0 Å². The molecule has 3 rings (SSSR count). The van der Waals surface area contributed by atoms with E-state index in [0.717, 1.165) is 5.56 Å². The molecule has 0 aliphatic rings. The van der Waals surface area contributed by atoms with Gasteiger partial charge in [-0.1, -0.05) is 19.7 Å². The second kappa shape index (κ2) is 10.5. The lowest BCUT2D eigenvalue weighted by atomic mass is 10.1. The summed E-state index contributed by atoms with van der Waals surface area (Å²) in [5.74, 6) is -0.282. The van der Waals surface area contributed by atoms with Crippen LogP contribution in [0.25, 0.3) is 22.6 Å². The molecule has 178 valence electrons. The molecule has 0 radical (unpaired) electrons. The molecular weight excluding hydrogens is 448 g/mol. The van der Waals surface area contributed by atoms with Gasteiger partial charge in [0.1, 0.15) is 17.3 Å². The lowest BCUT2D eigenvalue weighted by molar-refractivity contribution is -0.132. The predicted molar refractivity (Wildman–Crippen MR) is 131 cm³/mol. The van der Waals surface area contributed by atoms with Gasteiger partial charge in [-0.3, -0.25) is 0 Å².